The monoisotopic (exact) mass is 213 g/mol. The minimum Gasteiger partial charge on any atom is -0.480 e. The third-order valence-electron chi connectivity index (χ3n) is 2.04. The first kappa shape index (κ1) is 9.17. The van der Waals surface area contributed by atoms with E-state index in [1.54, 1.807) is 12.1 Å². The Morgan fingerprint density at radius 3 is 2.64 bits per heavy atom. The molecule has 2 rings (SSSR count). The second-order valence-corrected chi connectivity index (χ2v) is 4.61. The first-order valence-electron chi connectivity index (χ1n) is 3.86. The average molecular weight is 213 g/mol. The maximum absolute atomic E-state index is 11.4. The van der Waals surface area contributed by atoms with Gasteiger partial charge in [-0.25, -0.2) is 8.42 Å². The lowest BCUT2D eigenvalue weighted by Crippen LogP contribution is -2.25. The largest absolute Gasteiger partial charge is 0.480 e. The molecular formula is C8H7NO4S. The molecule has 0 saturated heterocycles. The van der Waals surface area contributed by atoms with Crippen LogP contribution in [0.15, 0.2) is 29.2 Å². The van der Waals surface area contributed by atoms with Crippen LogP contribution in [0, 0.1) is 0 Å². The van der Waals surface area contributed by atoms with Crippen molar-refractivity contribution in [2.45, 2.75) is 10.9 Å². The molecule has 0 bridgehead atoms. The van der Waals surface area contributed by atoms with Gasteiger partial charge in [-0.2, -0.15) is 4.72 Å². The Bertz CT molecular complexity index is 494. The highest BCUT2D eigenvalue weighted by Gasteiger charge is 2.37. The van der Waals surface area contributed by atoms with Crippen LogP contribution in [0.3, 0.4) is 0 Å². The van der Waals surface area contributed by atoms with E-state index in [2.05, 4.69) is 4.72 Å². The molecule has 74 valence electrons. The van der Waals surface area contributed by atoms with Crippen molar-refractivity contribution in [1.29, 1.82) is 0 Å². The van der Waals surface area contributed by atoms with Crippen molar-refractivity contribution in [1.82, 2.24) is 4.72 Å². The van der Waals surface area contributed by atoms with Crippen LogP contribution in [-0.4, -0.2) is 19.5 Å². The van der Waals surface area contributed by atoms with Crippen molar-refractivity contribution < 1.29 is 18.3 Å². The molecule has 1 aliphatic rings. The van der Waals surface area contributed by atoms with Crippen LogP contribution in [0.25, 0.3) is 0 Å². The molecule has 14 heavy (non-hydrogen) atoms. The summed E-state index contributed by atoms with van der Waals surface area (Å²) in [7, 11) is -3.63. The number of hydrogen-bond donors (Lipinski definition) is 2. The molecule has 0 aromatic heterocycles. The molecule has 2 N–H and O–H groups in total. The van der Waals surface area contributed by atoms with Gasteiger partial charge in [0.1, 0.15) is 6.04 Å². The molecule has 6 heteroatoms. The van der Waals surface area contributed by atoms with E-state index in [0.717, 1.165) is 0 Å². The molecule has 0 radical (unpaired) electrons. The average Bonchev–Trinajstić information content (AvgIpc) is 2.40. The van der Waals surface area contributed by atoms with Crippen LogP contribution < -0.4 is 4.72 Å². The summed E-state index contributed by atoms with van der Waals surface area (Å²) in [6.45, 7) is 0. The molecule has 5 nitrogen and oxygen atoms in total. The Balaban J connectivity index is 2.66. The van der Waals surface area contributed by atoms with E-state index in [0.29, 0.717) is 5.56 Å². The van der Waals surface area contributed by atoms with Gasteiger partial charge in [-0.15, -0.1) is 0 Å². The van der Waals surface area contributed by atoms with Crippen LogP contribution in [0.5, 0.6) is 0 Å². The Morgan fingerprint density at radius 1 is 1.36 bits per heavy atom. The van der Waals surface area contributed by atoms with Gasteiger partial charge in [-0.1, -0.05) is 18.2 Å². The number of carboxylic acids is 1. The van der Waals surface area contributed by atoms with Gasteiger partial charge in [-0.05, 0) is 6.07 Å². The van der Waals surface area contributed by atoms with Gasteiger partial charge < -0.3 is 5.11 Å². The molecule has 1 aliphatic heterocycles. The molecular weight excluding hydrogens is 206 g/mol. The third-order valence-corrected chi connectivity index (χ3v) is 3.54. The number of carboxylic acid groups (broad SMARTS) is 1. The molecule has 0 aliphatic carbocycles. The topological polar surface area (TPSA) is 83.5 Å². The maximum atomic E-state index is 11.4. The summed E-state index contributed by atoms with van der Waals surface area (Å²) in [4.78, 5) is 10.8. The smallest absolute Gasteiger partial charge is 0.326 e. The van der Waals surface area contributed by atoms with Gasteiger partial charge in [0.25, 0.3) is 0 Å². The van der Waals surface area contributed by atoms with Gasteiger partial charge in [0, 0.05) is 5.56 Å². The summed E-state index contributed by atoms with van der Waals surface area (Å²) in [5.41, 5.74) is 0.292. The maximum Gasteiger partial charge on any atom is 0.326 e. The van der Waals surface area contributed by atoms with Crippen LogP contribution in [0.4, 0.5) is 0 Å². The predicted molar refractivity (Wildman–Crippen MR) is 47.1 cm³/mol. The zero-order valence-electron chi connectivity index (χ0n) is 6.97. The number of fused-ring (bicyclic) bond motifs is 1. The van der Waals surface area contributed by atoms with Crippen molar-refractivity contribution in [3.8, 4) is 0 Å². The number of benzene rings is 1. The molecule has 0 fully saturated rings. The Kier molecular flexibility index (Phi) is 1.83. The minimum absolute atomic E-state index is 0.0485. The standard InChI is InChI=1S/C8H7NO4S/c10-8(11)7-5-3-1-2-4-6(5)14(12,13)9-7/h1-4,7,9H,(H,10,11)/t7-/m1/s1. The van der Waals surface area contributed by atoms with Gasteiger partial charge >= 0.3 is 5.97 Å². The van der Waals surface area contributed by atoms with Crippen LogP contribution >= 0.6 is 0 Å². The first-order valence-corrected chi connectivity index (χ1v) is 5.35. The number of nitrogens with one attached hydrogen (secondary N) is 1. The second-order valence-electron chi connectivity index (χ2n) is 2.93. The van der Waals surface area contributed by atoms with Crippen molar-refractivity contribution >= 4 is 16.0 Å². The van der Waals surface area contributed by atoms with E-state index in [-0.39, 0.29) is 4.90 Å². The minimum atomic E-state index is -3.63. The molecule has 1 atom stereocenters. The van der Waals surface area contributed by atoms with E-state index in [1.165, 1.54) is 12.1 Å². The summed E-state index contributed by atoms with van der Waals surface area (Å²) < 4.78 is 24.9. The van der Waals surface area contributed by atoms with Crippen LogP contribution in [-0.2, 0) is 14.8 Å². The van der Waals surface area contributed by atoms with Gasteiger partial charge in [0.15, 0.2) is 0 Å². The van der Waals surface area contributed by atoms with Gasteiger partial charge in [-0.3, -0.25) is 4.79 Å². The number of rotatable bonds is 1. The lowest BCUT2D eigenvalue weighted by Gasteiger charge is -2.02. The zero-order chi connectivity index (χ0) is 10.3. The Labute approximate surface area is 80.4 Å². The molecule has 0 unspecified atom stereocenters. The molecule has 1 heterocycles. The number of hydrogen-bond acceptors (Lipinski definition) is 3. The SMILES string of the molecule is O=C(O)[C@@H]1NS(=O)(=O)c2ccccc21. The highest BCUT2D eigenvalue weighted by atomic mass is 32.2. The Hall–Kier alpha value is -1.40. The summed E-state index contributed by atoms with van der Waals surface area (Å²) in [6.07, 6.45) is 0. The zero-order valence-corrected chi connectivity index (χ0v) is 7.78. The molecule has 0 amide bonds. The van der Waals surface area contributed by atoms with E-state index < -0.39 is 22.0 Å². The number of aliphatic carboxylic acids is 1. The normalized spacial score (nSPS) is 23.0. The third kappa shape index (κ3) is 1.19. The lowest BCUT2D eigenvalue weighted by molar-refractivity contribution is -0.139. The molecule has 1 aromatic rings. The van der Waals surface area contributed by atoms with Crippen molar-refractivity contribution in [2.75, 3.05) is 0 Å². The Morgan fingerprint density at radius 2 is 2.00 bits per heavy atom. The van der Waals surface area contributed by atoms with Crippen molar-refractivity contribution in [2.24, 2.45) is 0 Å². The molecule has 0 saturated carbocycles. The lowest BCUT2D eigenvalue weighted by atomic mass is 10.1. The highest BCUT2D eigenvalue weighted by molar-refractivity contribution is 7.89. The van der Waals surface area contributed by atoms with Crippen molar-refractivity contribution in [3.05, 3.63) is 29.8 Å². The fourth-order valence-electron chi connectivity index (χ4n) is 1.43. The molecule has 0 spiro atoms. The van der Waals surface area contributed by atoms with E-state index in [1.807, 2.05) is 0 Å². The first-order chi connectivity index (χ1) is 6.52. The van der Waals surface area contributed by atoms with E-state index >= 15 is 0 Å². The second kappa shape index (κ2) is 2.79. The van der Waals surface area contributed by atoms with Gasteiger partial charge in [0.05, 0.1) is 4.90 Å². The van der Waals surface area contributed by atoms with E-state index in [4.69, 9.17) is 5.11 Å². The predicted octanol–water partition coefficient (Wildman–Crippen LogP) is 0.104. The number of sulfonamides is 1. The van der Waals surface area contributed by atoms with Crippen LogP contribution in [0.2, 0.25) is 0 Å². The number of carbonyl (C=O) groups is 1. The summed E-state index contributed by atoms with van der Waals surface area (Å²) in [5, 5.41) is 8.77. The van der Waals surface area contributed by atoms with Crippen LogP contribution in [0.1, 0.15) is 11.6 Å². The highest BCUT2D eigenvalue weighted by Crippen LogP contribution is 2.30. The van der Waals surface area contributed by atoms with Crippen molar-refractivity contribution in [3.63, 3.8) is 0 Å². The quantitative estimate of drug-likeness (QED) is 0.693. The summed E-state index contributed by atoms with van der Waals surface area (Å²) >= 11 is 0. The summed E-state index contributed by atoms with van der Waals surface area (Å²) in [5.74, 6) is -1.20. The fraction of sp³-hybridized carbons (Fsp3) is 0.125. The molecule has 1 aromatic carbocycles. The van der Waals surface area contributed by atoms with E-state index in [9.17, 15) is 13.2 Å². The van der Waals surface area contributed by atoms with Gasteiger partial charge in [0.2, 0.25) is 10.0 Å². The summed E-state index contributed by atoms with van der Waals surface area (Å²) in [6, 6.07) is 4.89. The fourth-order valence-corrected chi connectivity index (χ4v) is 2.85.